The predicted octanol–water partition coefficient (Wildman–Crippen LogP) is 4.77. The van der Waals surface area contributed by atoms with Gasteiger partial charge in [-0.1, -0.05) is 18.0 Å². The van der Waals surface area contributed by atoms with Crippen molar-refractivity contribution >= 4 is 28.9 Å². The number of halogens is 1. The summed E-state index contributed by atoms with van der Waals surface area (Å²) in [6.45, 7) is 2.10. The number of fused-ring (bicyclic) bond motifs is 1. The molecule has 5 nitrogen and oxygen atoms in total. The van der Waals surface area contributed by atoms with Crippen molar-refractivity contribution in [2.45, 2.75) is 25.7 Å². The molecular formula is C22H23ClN2O3. The molecule has 0 aromatic heterocycles. The Balaban J connectivity index is 1.64. The molecule has 2 aromatic rings. The molecule has 2 aliphatic heterocycles. The van der Waals surface area contributed by atoms with Crippen LogP contribution in [0.2, 0.25) is 5.02 Å². The van der Waals surface area contributed by atoms with Crippen LogP contribution in [0.4, 0.5) is 5.69 Å². The topological polar surface area (TPSA) is 51.1 Å². The molecule has 0 saturated carbocycles. The van der Waals surface area contributed by atoms with Crippen LogP contribution in [-0.4, -0.2) is 37.9 Å². The number of Topliss-reactive ketones (excluding diaryl/α,β-unsaturated/α-hetero) is 1. The summed E-state index contributed by atoms with van der Waals surface area (Å²) in [5.74, 6) is 2.43. The van der Waals surface area contributed by atoms with Gasteiger partial charge < -0.3 is 14.4 Å². The molecular weight excluding hydrogens is 376 g/mol. The van der Waals surface area contributed by atoms with Crippen LogP contribution >= 0.6 is 11.6 Å². The smallest absolute Gasteiger partial charge is 0.182 e. The quantitative estimate of drug-likeness (QED) is 0.696. The van der Waals surface area contributed by atoms with Gasteiger partial charge in [-0.25, -0.2) is 0 Å². The van der Waals surface area contributed by atoms with Gasteiger partial charge in [0, 0.05) is 35.3 Å². The van der Waals surface area contributed by atoms with Crippen molar-refractivity contribution in [3.05, 3.63) is 53.1 Å². The molecule has 0 N–H and O–H groups in total. The summed E-state index contributed by atoms with van der Waals surface area (Å²) in [7, 11) is 0. The zero-order valence-electron chi connectivity index (χ0n) is 15.7. The Kier molecular flexibility index (Phi) is 5.81. The molecule has 146 valence electrons. The Bertz CT molecular complexity index is 880. The number of anilines is 1. The van der Waals surface area contributed by atoms with Gasteiger partial charge in [0.05, 0.1) is 6.54 Å². The summed E-state index contributed by atoms with van der Waals surface area (Å²) in [5.41, 5.74) is 1.54. The highest BCUT2D eigenvalue weighted by atomic mass is 35.5. The second-order valence-corrected chi connectivity index (χ2v) is 7.39. The van der Waals surface area contributed by atoms with E-state index in [2.05, 4.69) is 0 Å². The number of hydrogen-bond donors (Lipinski definition) is 0. The lowest BCUT2D eigenvalue weighted by atomic mass is 10.1. The van der Waals surface area contributed by atoms with E-state index in [1.807, 2.05) is 23.1 Å². The average Bonchev–Trinajstić information content (AvgIpc) is 3.01. The standard InChI is InChI=1S/C22H23ClN2O3/c23-17-7-5-16(6-8-17)19(26)15-25(22-4-2-1-3-11-24-22)18-9-10-20-21(14-18)28-13-12-27-20/h5-10,14H,1-4,11-13,15H2. The van der Waals surface area contributed by atoms with E-state index in [0.29, 0.717) is 29.5 Å². The van der Waals surface area contributed by atoms with Crippen molar-refractivity contribution in [3.63, 3.8) is 0 Å². The molecule has 2 aliphatic rings. The highest BCUT2D eigenvalue weighted by molar-refractivity contribution is 6.30. The minimum absolute atomic E-state index is 0.0264. The highest BCUT2D eigenvalue weighted by Crippen LogP contribution is 2.34. The Morgan fingerprint density at radius 1 is 1.00 bits per heavy atom. The van der Waals surface area contributed by atoms with Crippen LogP contribution in [0.3, 0.4) is 0 Å². The normalized spacial score (nSPS) is 16.1. The summed E-state index contributed by atoms with van der Waals surface area (Å²) in [4.78, 5) is 19.7. The number of carbonyl (C=O) groups is 1. The van der Waals surface area contributed by atoms with Crippen molar-refractivity contribution in [1.82, 2.24) is 0 Å². The summed E-state index contributed by atoms with van der Waals surface area (Å²) >= 11 is 5.96. The summed E-state index contributed by atoms with van der Waals surface area (Å²) in [6, 6.07) is 12.8. The van der Waals surface area contributed by atoms with E-state index in [-0.39, 0.29) is 12.3 Å². The maximum atomic E-state index is 13.0. The molecule has 0 fully saturated rings. The van der Waals surface area contributed by atoms with Crippen LogP contribution < -0.4 is 14.4 Å². The van der Waals surface area contributed by atoms with Crippen molar-refractivity contribution in [2.75, 3.05) is 31.2 Å². The maximum Gasteiger partial charge on any atom is 0.182 e. The Hall–Kier alpha value is -2.53. The fraction of sp³-hybridized carbons (Fsp3) is 0.364. The van der Waals surface area contributed by atoms with E-state index < -0.39 is 0 Å². The van der Waals surface area contributed by atoms with E-state index in [4.69, 9.17) is 26.1 Å². The van der Waals surface area contributed by atoms with Crippen LogP contribution in [0.15, 0.2) is 47.5 Å². The van der Waals surface area contributed by atoms with Gasteiger partial charge >= 0.3 is 0 Å². The Labute approximate surface area is 169 Å². The molecule has 6 heteroatoms. The van der Waals surface area contributed by atoms with Crippen LogP contribution in [0.25, 0.3) is 0 Å². The van der Waals surface area contributed by atoms with E-state index in [1.54, 1.807) is 24.3 Å². The summed E-state index contributed by atoms with van der Waals surface area (Å²) < 4.78 is 11.4. The molecule has 2 aromatic carbocycles. The second kappa shape index (κ2) is 8.65. The lowest BCUT2D eigenvalue weighted by molar-refractivity contribution is 0.100. The lowest BCUT2D eigenvalue weighted by Crippen LogP contribution is -2.36. The lowest BCUT2D eigenvalue weighted by Gasteiger charge is -2.27. The molecule has 2 heterocycles. The van der Waals surface area contributed by atoms with E-state index in [1.165, 1.54) is 0 Å². The first-order valence-electron chi connectivity index (χ1n) is 9.70. The number of amidine groups is 1. The number of nitrogens with zero attached hydrogens (tertiary/aromatic N) is 2. The molecule has 0 spiro atoms. The predicted molar refractivity (Wildman–Crippen MR) is 111 cm³/mol. The van der Waals surface area contributed by atoms with Gasteiger partial charge in [-0.2, -0.15) is 0 Å². The fourth-order valence-corrected chi connectivity index (χ4v) is 3.61. The number of rotatable bonds is 4. The van der Waals surface area contributed by atoms with Gasteiger partial charge in [0.25, 0.3) is 0 Å². The molecule has 0 aliphatic carbocycles. The first kappa shape index (κ1) is 18.8. The third-order valence-corrected chi connectivity index (χ3v) is 5.22. The van der Waals surface area contributed by atoms with Crippen molar-refractivity contribution in [2.24, 2.45) is 4.99 Å². The number of ether oxygens (including phenoxy) is 2. The van der Waals surface area contributed by atoms with Gasteiger partial charge in [0.15, 0.2) is 17.3 Å². The minimum atomic E-state index is 0.0264. The molecule has 0 unspecified atom stereocenters. The number of ketones is 1. The average molecular weight is 399 g/mol. The van der Waals surface area contributed by atoms with Crippen molar-refractivity contribution < 1.29 is 14.3 Å². The zero-order chi connectivity index (χ0) is 19.3. The monoisotopic (exact) mass is 398 g/mol. The van der Waals surface area contributed by atoms with Crippen LogP contribution in [0.1, 0.15) is 36.0 Å². The number of aliphatic imine (C=N–C) groups is 1. The molecule has 4 rings (SSSR count). The SMILES string of the molecule is O=C(CN(C1=NCCCCC1)c1ccc2c(c1)OCCO2)c1ccc(Cl)cc1. The number of carbonyl (C=O) groups excluding carboxylic acids is 1. The molecule has 28 heavy (non-hydrogen) atoms. The summed E-state index contributed by atoms with van der Waals surface area (Å²) in [6.07, 6.45) is 4.19. The van der Waals surface area contributed by atoms with Crippen LogP contribution in [-0.2, 0) is 0 Å². The second-order valence-electron chi connectivity index (χ2n) is 6.95. The summed E-state index contributed by atoms with van der Waals surface area (Å²) in [5, 5.41) is 0.619. The van der Waals surface area contributed by atoms with Crippen molar-refractivity contribution in [3.8, 4) is 11.5 Å². The van der Waals surface area contributed by atoms with E-state index >= 15 is 0 Å². The molecule has 0 radical (unpaired) electrons. The number of hydrogen-bond acceptors (Lipinski definition) is 5. The number of benzene rings is 2. The minimum Gasteiger partial charge on any atom is -0.486 e. The van der Waals surface area contributed by atoms with Crippen LogP contribution in [0.5, 0.6) is 11.5 Å². The van der Waals surface area contributed by atoms with E-state index in [0.717, 1.165) is 49.5 Å². The first-order valence-corrected chi connectivity index (χ1v) is 10.1. The Morgan fingerprint density at radius 2 is 1.79 bits per heavy atom. The van der Waals surface area contributed by atoms with Crippen molar-refractivity contribution in [1.29, 1.82) is 0 Å². The fourth-order valence-electron chi connectivity index (χ4n) is 3.48. The van der Waals surface area contributed by atoms with Gasteiger partial charge in [-0.15, -0.1) is 0 Å². The molecule has 0 bridgehead atoms. The van der Waals surface area contributed by atoms with Gasteiger partial charge in [0.2, 0.25) is 0 Å². The maximum absolute atomic E-state index is 13.0. The Morgan fingerprint density at radius 3 is 2.61 bits per heavy atom. The van der Waals surface area contributed by atoms with Crippen LogP contribution in [0, 0.1) is 0 Å². The highest BCUT2D eigenvalue weighted by Gasteiger charge is 2.22. The van der Waals surface area contributed by atoms with Gasteiger partial charge in [-0.3, -0.25) is 9.79 Å². The molecule has 0 atom stereocenters. The molecule has 0 amide bonds. The van der Waals surface area contributed by atoms with Gasteiger partial charge in [-0.05, 0) is 49.2 Å². The third-order valence-electron chi connectivity index (χ3n) is 4.97. The molecule has 0 saturated heterocycles. The van der Waals surface area contributed by atoms with E-state index in [9.17, 15) is 4.79 Å². The largest absolute Gasteiger partial charge is 0.486 e. The third kappa shape index (κ3) is 4.30. The zero-order valence-corrected chi connectivity index (χ0v) is 16.5. The first-order chi connectivity index (χ1) is 13.7. The van der Waals surface area contributed by atoms with Gasteiger partial charge in [0.1, 0.15) is 19.0 Å².